The van der Waals surface area contributed by atoms with Crippen LogP contribution in [0.1, 0.15) is 33.6 Å². The number of rotatable bonds is 7. The van der Waals surface area contributed by atoms with Gasteiger partial charge in [-0.15, -0.1) is 0 Å². The zero-order valence-electron chi connectivity index (χ0n) is 11.4. The minimum Gasteiger partial charge on any atom is -0.743 e. The van der Waals surface area contributed by atoms with Gasteiger partial charge in [-0.1, -0.05) is 0 Å². The Labute approximate surface area is 118 Å². The highest BCUT2D eigenvalue weighted by atomic mass is 32.2. The molecule has 0 fully saturated rings. The highest BCUT2D eigenvalue weighted by Crippen LogP contribution is 2.49. The highest BCUT2D eigenvalue weighted by Gasteiger charge is 2.74. The summed E-state index contributed by atoms with van der Waals surface area (Å²) >= 11 is 0. The van der Waals surface area contributed by atoms with E-state index in [-0.39, 0.29) is 0 Å². The molecule has 0 spiro atoms. The molecule has 0 unspecified atom stereocenters. The maximum atomic E-state index is 13.2. The zero-order chi connectivity index (χ0) is 17.3. The van der Waals surface area contributed by atoms with Crippen molar-refractivity contribution in [2.45, 2.75) is 56.3 Å². The van der Waals surface area contributed by atoms with E-state index in [1.807, 2.05) is 0 Å². The number of hydrogen-bond acceptors (Lipinski definition) is 4. The van der Waals surface area contributed by atoms with Gasteiger partial charge in [0, 0.05) is 13.0 Å². The lowest BCUT2D eigenvalue weighted by molar-refractivity contribution is -0.283. The normalized spacial score (nSPS) is 15.3. The molecule has 0 radical (unpaired) electrons. The monoisotopic (exact) mass is 345 g/mol. The third-order valence-electron chi connectivity index (χ3n) is 2.31. The zero-order valence-corrected chi connectivity index (χ0v) is 12.2. The lowest BCUT2D eigenvalue weighted by atomic mass is 10.1. The second kappa shape index (κ2) is 5.92. The first-order valence-electron chi connectivity index (χ1n) is 5.68. The van der Waals surface area contributed by atoms with Crippen molar-refractivity contribution >= 4 is 10.1 Å². The van der Waals surface area contributed by atoms with Crippen LogP contribution in [-0.4, -0.2) is 42.3 Å². The number of hydrogen-bond donors (Lipinski definition) is 0. The molecular formula is C10H15F6O4S-. The molecule has 11 heteroatoms. The predicted octanol–water partition coefficient (Wildman–Crippen LogP) is 2.99. The minimum absolute atomic E-state index is 0.426. The van der Waals surface area contributed by atoms with Crippen LogP contribution in [0.5, 0.6) is 0 Å². The highest BCUT2D eigenvalue weighted by molar-refractivity contribution is 7.86. The SMILES string of the molecule is CC(C)(C)OCCCC(F)(F)C(F)(F)C(F)(F)S(=O)(=O)[O-]. The Morgan fingerprint density at radius 1 is 1.00 bits per heavy atom. The predicted molar refractivity (Wildman–Crippen MR) is 59.5 cm³/mol. The van der Waals surface area contributed by atoms with E-state index in [0.29, 0.717) is 0 Å². The Balaban J connectivity index is 4.98. The van der Waals surface area contributed by atoms with Crippen molar-refractivity contribution in [2.24, 2.45) is 0 Å². The lowest BCUT2D eigenvalue weighted by Gasteiger charge is -2.33. The van der Waals surface area contributed by atoms with Crippen molar-refractivity contribution < 1.29 is 44.0 Å². The molecule has 0 saturated heterocycles. The largest absolute Gasteiger partial charge is 0.743 e. The first kappa shape index (κ1) is 20.5. The van der Waals surface area contributed by atoms with Gasteiger partial charge in [0.2, 0.25) is 0 Å². The molecule has 0 bridgehead atoms. The van der Waals surface area contributed by atoms with Crippen molar-refractivity contribution in [3.63, 3.8) is 0 Å². The molecule has 0 aliphatic carbocycles. The van der Waals surface area contributed by atoms with Gasteiger partial charge in [-0.25, -0.2) is 8.42 Å². The van der Waals surface area contributed by atoms with Crippen LogP contribution in [-0.2, 0) is 14.9 Å². The van der Waals surface area contributed by atoms with Crippen molar-refractivity contribution in [3.8, 4) is 0 Å². The van der Waals surface area contributed by atoms with Crippen LogP contribution in [0, 0.1) is 0 Å². The molecule has 0 aromatic heterocycles. The molecule has 0 atom stereocenters. The van der Waals surface area contributed by atoms with Crippen LogP contribution in [0.25, 0.3) is 0 Å². The molecule has 0 N–H and O–H groups in total. The van der Waals surface area contributed by atoms with Crippen LogP contribution >= 0.6 is 0 Å². The minimum atomic E-state index is -6.94. The van der Waals surface area contributed by atoms with Gasteiger partial charge in [0.1, 0.15) is 0 Å². The molecule has 0 amide bonds. The second-order valence-electron chi connectivity index (χ2n) is 5.31. The topological polar surface area (TPSA) is 66.4 Å². The van der Waals surface area contributed by atoms with Gasteiger partial charge in [0.25, 0.3) is 0 Å². The molecule has 0 aromatic carbocycles. The van der Waals surface area contributed by atoms with E-state index >= 15 is 0 Å². The molecule has 0 aliphatic rings. The summed E-state index contributed by atoms with van der Waals surface area (Å²) in [4.78, 5) is 0. The van der Waals surface area contributed by atoms with Crippen LogP contribution in [0.4, 0.5) is 26.3 Å². The summed E-state index contributed by atoms with van der Waals surface area (Å²) < 4.78 is 113. The van der Waals surface area contributed by atoms with Gasteiger partial charge in [-0.05, 0) is 27.2 Å². The molecule has 0 saturated carbocycles. The maximum Gasteiger partial charge on any atom is 0.402 e. The van der Waals surface area contributed by atoms with Crippen LogP contribution in [0.3, 0.4) is 0 Å². The standard InChI is InChI=1S/C10H16F6O4S/c1-7(2,3)20-6-4-5-8(11,12)9(13,14)10(15,16)21(17,18)19/h4-6H2,1-3H3,(H,17,18,19)/p-1. The summed E-state index contributed by atoms with van der Waals surface area (Å²) in [6.45, 7) is 4.23. The van der Waals surface area contributed by atoms with Gasteiger partial charge in [0.05, 0.1) is 5.60 Å². The summed E-state index contributed by atoms with van der Waals surface area (Å²) in [5, 5.41) is -6.41. The van der Waals surface area contributed by atoms with Gasteiger partial charge in [0.15, 0.2) is 10.1 Å². The van der Waals surface area contributed by atoms with E-state index in [0.717, 1.165) is 0 Å². The molecule has 21 heavy (non-hydrogen) atoms. The van der Waals surface area contributed by atoms with Crippen molar-refractivity contribution in [2.75, 3.05) is 6.61 Å². The Kier molecular flexibility index (Phi) is 5.76. The average Bonchev–Trinajstić information content (AvgIpc) is 2.21. The van der Waals surface area contributed by atoms with Crippen molar-refractivity contribution in [3.05, 3.63) is 0 Å². The Bertz CT molecular complexity index is 455. The fourth-order valence-corrected chi connectivity index (χ4v) is 1.66. The first-order valence-corrected chi connectivity index (χ1v) is 7.09. The van der Waals surface area contributed by atoms with Gasteiger partial charge < -0.3 is 9.29 Å². The fraction of sp³-hybridized carbons (Fsp3) is 1.00. The molecule has 0 aromatic rings. The van der Waals surface area contributed by atoms with Crippen molar-refractivity contribution in [1.82, 2.24) is 0 Å². The van der Waals surface area contributed by atoms with E-state index in [1.165, 1.54) is 0 Å². The smallest absolute Gasteiger partial charge is 0.402 e. The number of ether oxygens (including phenoxy) is 1. The Morgan fingerprint density at radius 2 is 1.43 bits per heavy atom. The van der Waals surface area contributed by atoms with E-state index in [4.69, 9.17) is 4.74 Å². The molecule has 4 nitrogen and oxygen atoms in total. The van der Waals surface area contributed by atoms with Gasteiger partial charge >= 0.3 is 17.1 Å². The molecule has 128 valence electrons. The molecular weight excluding hydrogens is 330 g/mol. The van der Waals surface area contributed by atoms with E-state index in [9.17, 15) is 39.3 Å². The quantitative estimate of drug-likeness (QED) is 0.404. The Morgan fingerprint density at radius 3 is 1.76 bits per heavy atom. The van der Waals surface area contributed by atoms with E-state index in [1.54, 1.807) is 20.8 Å². The van der Waals surface area contributed by atoms with Crippen LogP contribution in [0.2, 0.25) is 0 Å². The lowest BCUT2D eigenvalue weighted by Crippen LogP contribution is -2.57. The summed E-state index contributed by atoms with van der Waals surface area (Å²) in [6.07, 6.45) is -2.49. The van der Waals surface area contributed by atoms with Crippen LogP contribution in [0.15, 0.2) is 0 Å². The maximum absolute atomic E-state index is 13.2. The van der Waals surface area contributed by atoms with E-state index in [2.05, 4.69) is 0 Å². The fourth-order valence-electron chi connectivity index (χ4n) is 1.20. The number of halogens is 6. The summed E-state index contributed by atoms with van der Waals surface area (Å²) in [5.74, 6) is -11.7. The average molecular weight is 345 g/mol. The number of alkyl halides is 6. The van der Waals surface area contributed by atoms with E-state index < -0.39 is 52.3 Å². The second-order valence-corrected chi connectivity index (χ2v) is 6.74. The Hall–Kier alpha value is -0.550. The molecule has 0 heterocycles. The molecule has 0 rings (SSSR count). The molecule has 0 aliphatic heterocycles. The third kappa shape index (κ3) is 4.71. The summed E-state index contributed by atoms with van der Waals surface area (Å²) in [6, 6.07) is 0. The van der Waals surface area contributed by atoms with Gasteiger partial charge in [-0.2, -0.15) is 26.3 Å². The third-order valence-corrected chi connectivity index (χ3v) is 3.19. The van der Waals surface area contributed by atoms with Gasteiger partial charge in [-0.3, -0.25) is 0 Å². The van der Waals surface area contributed by atoms with Crippen LogP contribution < -0.4 is 0 Å². The van der Waals surface area contributed by atoms with Crippen molar-refractivity contribution in [1.29, 1.82) is 0 Å². The first-order chi connectivity index (χ1) is 8.96. The summed E-state index contributed by atoms with van der Waals surface area (Å²) in [7, 11) is -6.94. The summed E-state index contributed by atoms with van der Waals surface area (Å²) in [5.41, 5.74) is -0.750.